The number of hydrogen-bond donors (Lipinski definition) is 0. The van der Waals surface area contributed by atoms with E-state index >= 15 is 0 Å². The molecule has 0 unspecified atom stereocenters. The molecule has 0 N–H and O–H groups in total. The first-order chi connectivity index (χ1) is 29.3. The molecule has 0 aliphatic heterocycles. The summed E-state index contributed by atoms with van der Waals surface area (Å²) in [4.78, 5) is 0. The van der Waals surface area contributed by atoms with Crippen LogP contribution in [0, 0.1) is 22.7 Å². The van der Waals surface area contributed by atoms with E-state index in [9.17, 15) is 23.7 Å². The van der Waals surface area contributed by atoms with Crippen molar-refractivity contribution in [3.05, 3.63) is 168 Å². The van der Waals surface area contributed by atoms with Gasteiger partial charge in [-0.1, -0.05) is 78.9 Å². The summed E-state index contributed by atoms with van der Waals surface area (Å²) in [6.45, 7) is 0. The first-order valence-corrected chi connectivity index (χ1v) is 20.8. The molecule has 0 bridgehead atoms. The van der Waals surface area contributed by atoms with E-state index in [0.29, 0.717) is 28.1 Å². The molecule has 12 aromatic rings. The molecule has 8 aromatic carbocycles. The topological polar surface area (TPSA) is 57.4 Å². The largest absolute Gasteiger partial charge is 0.416 e. The molecule has 60 heavy (non-hydrogen) atoms. The highest BCUT2D eigenvalue weighted by Crippen LogP contribution is 2.47. The van der Waals surface area contributed by atoms with Crippen molar-refractivity contribution < 1.29 is 13.2 Å². The van der Waals surface area contributed by atoms with Crippen LogP contribution in [-0.4, -0.2) is 9.13 Å². The minimum absolute atomic E-state index is 0.117. The second-order valence-electron chi connectivity index (χ2n) is 14.9. The van der Waals surface area contributed by atoms with Crippen molar-refractivity contribution in [1.82, 2.24) is 9.13 Å². The third kappa shape index (κ3) is 4.76. The zero-order valence-corrected chi connectivity index (χ0v) is 32.8. The van der Waals surface area contributed by atoms with Gasteiger partial charge in [0, 0.05) is 61.9 Å². The van der Waals surface area contributed by atoms with Gasteiger partial charge in [0.05, 0.1) is 50.6 Å². The van der Waals surface area contributed by atoms with Crippen molar-refractivity contribution in [3.8, 4) is 34.6 Å². The fraction of sp³-hybridized carbons (Fsp3) is 0.0196. The summed E-state index contributed by atoms with van der Waals surface area (Å²) >= 11 is 3.47. The Morgan fingerprint density at radius 2 is 0.933 bits per heavy atom. The lowest BCUT2D eigenvalue weighted by atomic mass is 9.95. The number of nitriles is 2. The van der Waals surface area contributed by atoms with Gasteiger partial charge in [0.2, 0.25) is 0 Å². The van der Waals surface area contributed by atoms with Gasteiger partial charge < -0.3 is 9.13 Å². The highest BCUT2D eigenvalue weighted by Gasteiger charge is 2.32. The summed E-state index contributed by atoms with van der Waals surface area (Å²) in [5.74, 6) is 0. The minimum Gasteiger partial charge on any atom is -0.308 e. The van der Waals surface area contributed by atoms with Crippen LogP contribution in [0.5, 0.6) is 0 Å². The Kier molecular flexibility index (Phi) is 7.23. The molecule has 12 rings (SSSR count). The van der Waals surface area contributed by atoms with Crippen molar-refractivity contribution in [3.63, 3.8) is 0 Å². The Labute approximate surface area is 347 Å². The summed E-state index contributed by atoms with van der Waals surface area (Å²) in [6, 6.07) is 53.1. The maximum Gasteiger partial charge on any atom is 0.416 e. The number of alkyl halides is 3. The maximum atomic E-state index is 14.0. The Balaban J connectivity index is 1.26. The fourth-order valence-corrected chi connectivity index (χ4v) is 11.6. The van der Waals surface area contributed by atoms with Gasteiger partial charge in [-0.15, -0.1) is 22.7 Å². The molecule has 0 fully saturated rings. The van der Waals surface area contributed by atoms with E-state index in [4.69, 9.17) is 0 Å². The number of fused-ring (bicyclic) bond motifs is 14. The monoisotopic (exact) mass is 814 g/mol. The molecular formula is C51H25F3N4S2. The molecule has 0 aliphatic carbocycles. The first kappa shape index (κ1) is 34.6. The zero-order valence-electron chi connectivity index (χ0n) is 31.2. The lowest BCUT2D eigenvalue weighted by Gasteiger charge is -2.19. The molecule has 0 amide bonds. The summed E-state index contributed by atoms with van der Waals surface area (Å²) in [6.07, 6.45) is -4.63. The molecule has 4 nitrogen and oxygen atoms in total. The van der Waals surface area contributed by atoms with E-state index in [1.807, 2.05) is 72.8 Å². The third-order valence-electron chi connectivity index (χ3n) is 11.8. The van der Waals surface area contributed by atoms with E-state index < -0.39 is 11.7 Å². The molecular weight excluding hydrogens is 790 g/mol. The third-order valence-corrected chi connectivity index (χ3v) is 14.1. The van der Waals surface area contributed by atoms with Crippen LogP contribution < -0.4 is 0 Å². The van der Waals surface area contributed by atoms with Crippen LogP contribution in [0.3, 0.4) is 0 Å². The zero-order chi connectivity index (χ0) is 40.4. The minimum atomic E-state index is -4.63. The smallest absolute Gasteiger partial charge is 0.308 e. The van der Waals surface area contributed by atoms with E-state index in [2.05, 4.69) is 81.9 Å². The number of rotatable bonds is 3. The second-order valence-corrected chi connectivity index (χ2v) is 17.1. The Hall–Kier alpha value is -7.43. The van der Waals surface area contributed by atoms with Crippen LogP contribution in [0.15, 0.2) is 152 Å². The van der Waals surface area contributed by atoms with Gasteiger partial charge in [0.1, 0.15) is 11.6 Å². The molecule has 4 heterocycles. The Bertz CT molecular complexity index is 3710. The number of hydrogen-bond acceptors (Lipinski definition) is 4. The van der Waals surface area contributed by atoms with Crippen molar-refractivity contribution in [2.24, 2.45) is 0 Å². The summed E-state index contributed by atoms with van der Waals surface area (Å²) in [7, 11) is 0. The predicted octanol–water partition coefficient (Wildman–Crippen LogP) is 15.0. The maximum absolute atomic E-state index is 14.0. The molecule has 9 heteroatoms. The van der Waals surface area contributed by atoms with Crippen LogP contribution in [0.2, 0.25) is 0 Å². The van der Waals surface area contributed by atoms with Crippen molar-refractivity contribution in [2.45, 2.75) is 6.18 Å². The number of aromatic nitrogens is 2. The van der Waals surface area contributed by atoms with Gasteiger partial charge in [-0.05, 0) is 83.9 Å². The molecule has 282 valence electrons. The number of nitrogens with zero attached hydrogens (tertiary/aromatic N) is 4. The standard InChI is InChI=1S/C51H25F3N4S2/c52-51(53,54)30-17-18-31(29(23-30)26-55)28-24-41(57-37-13-5-1-9-32(37)47-39(57)19-21-45-49(47)34-11-3-7-15-43(34)59-45)36(27-56)42(25-28)58-38-14-6-2-10-33(38)48-40(58)20-22-46-50(48)35-12-4-8-16-44(35)60-46/h1-25H. The van der Waals surface area contributed by atoms with Gasteiger partial charge >= 0.3 is 6.18 Å². The predicted molar refractivity (Wildman–Crippen MR) is 241 cm³/mol. The van der Waals surface area contributed by atoms with E-state index in [0.717, 1.165) is 86.7 Å². The van der Waals surface area contributed by atoms with Gasteiger partial charge in [-0.3, -0.25) is 0 Å². The lowest BCUT2D eigenvalue weighted by Crippen LogP contribution is -2.07. The molecule has 0 saturated heterocycles. The average molecular weight is 815 g/mol. The van der Waals surface area contributed by atoms with Crippen LogP contribution >= 0.6 is 22.7 Å². The van der Waals surface area contributed by atoms with Crippen LogP contribution in [-0.2, 0) is 6.18 Å². The van der Waals surface area contributed by atoms with Gasteiger partial charge in [0.15, 0.2) is 0 Å². The average Bonchev–Trinajstić information content (AvgIpc) is 4.02. The summed E-state index contributed by atoms with van der Waals surface area (Å²) in [5, 5.41) is 30.5. The molecule has 0 radical (unpaired) electrons. The Morgan fingerprint density at radius 3 is 1.42 bits per heavy atom. The molecule has 0 saturated carbocycles. The summed E-state index contributed by atoms with van der Waals surface area (Å²) in [5.41, 5.74) is 4.80. The number of benzene rings is 8. The highest BCUT2D eigenvalue weighted by molar-refractivity contribution is 7.26. The number of halogens is 3. The van der Waals surface area contributed by atoms with Gasteiger partial charge in [-0.25, -0.2) is 0 Å². The number of thiophene rings is 2. The molecule has 0 aliphatic rings. The van der Waals surface area contributed by atoms with E-state index in [1.54, 1.807) is 22.7 Å². The second kappa shape index (κ2) is 12.5. The lowest BCUT2D eigenvalue weighted by molar-refractivity contribution is -0.137. The molecule has 0 atom stereocenters. The van der Waals surface area contributed by atoms with E-state index in [-0.39, 0.29) is 5.56 Å². The highest BCUT2D eigenvalue weighted by atomic mass is 32.1. The van der Waals surface area contributed by atoms with Crippen LogP contribution in [0.25, 0.3) is 106 Å². The fourth-order valence-electron chi connectivity index (χ4n) is 9.37. The van der Waals surface area contributed by atoms with Crippen molar-refractivity contribution in [1.29, 1.82) is 10.5 Å². The van der Waals surface area contributed by atoms with Crippen LogP contribution in [0.4, 0.5) is 13.2 Å². The first-order valence-electron chi connectivity index (χ1n) is 19.2. The van der Waals surface area contributed by atoms with E-state index in [1.165, 1.54) is 15.5 Å². The van der Waals surface area contributed by atoms with Crippen LogP contribution in [0.1, 0.15) is 16.7 Å². The number of para-hydroxylation sites is 2. The Morgan fingerprint density at radius 1 is 0.450 bits per heavy atom. The summed E-state index contributed by atoms with van der Waals surface area (Å²) < 4.78 is 51.0. The van der Waals surface area contributed by atoms with Crippen molar-refractivity contribution in [2.75, 3.05) is 0 Å². The van der Waals surface area contributed by atoms with Gasteiger partial charge in [0.25, 0.3) is 0 Å². The SMILES string of the molecule is N#Cc1cc(C(F)(F)F)ccc1-c1cc(-n2c3ccccc3c3c4c(ccc32)sc2ccccc24)c(C#N)c(-n2c3ccccc3c3c4c(ccc32)sc2ccccc24)c1. The quantitative estimate of drug-likeness (QED) is 0.178. The molecule has 0 spiro atoms. The normalized spacial score (nSPS) is 12.2. The molecule has 4 aromatic heterocycles. The van der Waals surface area contributed by atoms with Gasteiger partial charge in [-0.2, -0.15) is 23.7 Å². The van der Waals surface area contributed by atoms with Crippen molar-refractivity contribution >= 4 is 107 Å².